The van der Waals surface area contributed by atoms with Crippen LogP contribution in [0.25, 0.3) is 0 Å². The van der Waals surface area contributed by atoms with Crippen LogP contribution in [-0.2, 0) is 4.79 Å². The number of hydrogen-bond acceptors (Lipinski definition) is 4. The topological polar surface area (TPSA) is 47.6 Å². The average molecular weight is 367 g/mol. The summed E-state index contributed by atoms with van der Waals surface area (Å²) in [5, 5.41) is 6.54. The first-order valence-electron chi connectivity index (χ1n) is 8.69. The van der Waals surface area contributed by atoms with E-state index in [1.807, 2.05) is 0 Å². The maximum atomic E-state index is 12.1. The number of rotatable bonds is 3. The molecule has 0 aromatic carbocycles. The molecule has 0 bridgehead atoms. The Balaban J connectivity index is 0.00000132. The van der Waals surface area contributed by atoms with Gasteiger partial charge in [-0.15, -0.1) is 24.8 Å². The van der Waals surface area contributed by atoms with Crippen molar-refractivity contribution in [3.05, 3.63) is 0 Å². The van der Waals surface area contributed by atoms with Gasteiger partial charge in [0.25, 0.3) is 0 Å². The van der Waals surface area contributed by atoms with E-state index in [2.05, 4.69) is 27.5 Å². The summed E-state index contributed by atoms with van der Waals surface area (Å²) in [6.07, 6.45) is 6.97. The van der Waals surface area contributed by atoms with Crippen LogP contribution >= 0.6 is 24.8 Å². The van der Waals surface area contributed by atoms with Crippen molar-refractivity contribution in [1.29, 1.82) is 0 Å². The van der Waals surface area contributed by atoms with Gasteiger partial charge in [-0.05, 0) is 65.2 Å². The molecule has 3 heterocycles. The number of piperidine rings is 2. The van der Waals surface area contributed by atoms with E-state index < -0.39 is 0 Å². The Morgan fingerprint density at radius 3 is 2.22 bits per heavy atom. The monoisotopic (exact) mass is 366 g/mol. The normalized spacial score (nSPS) is 28.0. The van der Waals surface area contributed by atoms with Crippen molar-refractivity contribution < 1.29 is 4.79 Å². The Bertz CT molecular complexity index is 350. The Labute approximate surface area is 152 Å². The van der Waals surface area contributed by atoms with Crippen LogP contribution in [0.5, 0.6) is 0 Å². The molecule has 7 heteroatoms. The summed E-state index contributed by atoms with van der Waals surface area (Å²) in [6, 6.07) is 1.23. The van der Waals surface area contributed by atoms with Gasteiger partial charge in [0, 0.05) is 25.2 Å². The average Bonchev–Trinajstić information content (AvgIpc) is 3.03. The van der Waals surface area contributed by atoms with Gasteiger partial charge in [-0.25, -0.2) is 0 Å². The molecule has 2 N–H and O–H groups in total. The molecule has 0 aliphatic carbocycles. The van der Waals surface area contributed by atoms with Crippen LogP contribution in [-0.4, -0.2) is 73.6 Å². The molecular weight excluding hydrogens is 335 g/mol. The zero-order valence-corrected chi connectivity index (χ0v) is 15.8. The minimum absolute atomic E-state index is 0. The number of likely N-dealkylation sites (tertiary alicyclic amines) is 2. The number of carbonyl (C=O) groups is 1. The molecule has 23 heavy (non-hydrogen) atoms. The highest BCUT2D eigenvalue weighted by atomic mass is 35.5. The number of nitrogens with one attached hydrogen (secondary N) is 2. The molecule has 3 saturated heterocycles. The van der Waals surface area contributed by atoms with Crippen molar-refractivity contribution in [3.63, 3.8) is 0 Å². The second kappa shape index (κ2) is 10.0. The van der Waals surface area contributed by atoms with E-state index in [1.54, 1.807) is 0 Å². The van der Waals surface area contributed by atoms with Crippen LogP contribution in [0.4, 0.5) is 0 Å². The van der Waals surface area contributed by atoms with Crippen LogP contribution in [0, 0.1) is 0 Å². The van der Waals surface area contributed by atoms with Crippen LogP contribution in [0.3, 0.4) is 0 Å². The molecule has 0 saturated carbocycles. The summed E-state index contributed by atoms with van der Waals surface area (Å²) < 4.78 is 0. The number of nitrogens with zero attached hydrogens (tertiary/aromatic N) is 2. The Kier molecular flexibility index (Phi) is 9.16. The number of amides is 1. The second-order valence-electron chi connectivity index (χ2n) is 7.00. The van der Waals surface area contributed by atoms with Crippen molar-refractivity contribution >= 4 is 30.7 Å². The SMILES string of the molecule is CN1CCC(N2CCC(NC(=O)C3CCCN3)CC2)CC1.Cl.Cl. The quantitative estimate of drug-likeness (QED) is 0.789. The Hall–Kier alpha value is -0.0700. The van der Waals surface area contributed by atoms with Gasteiger partial charge in [0.1, 0.15) is 0 Å². The van der Waals surface area contributed by atoms with Crippen molar-refractivity contribution in [2.24, 2.45) is 0 Å². The standard InChI is InChI=1S/C16H30N4O.2ClH/c1-19-9-6-14(7-10-19)20-11-4-13(5-12-20)18-16(21)15-3-2-8-17-15;;/h13-15,17H,2-12H2,1H3,(H,18,21);2*1H. The van der Waals surface area contributed by atoms with Crippen LogP contribution in [0.2, 0.25) is 0 Å². The highest BCUT2D eigenvalue weighted by molar-refractivity contribution is 5.85. The van der Waals surface area contributed by atoms with E-state index >= 15 is 0 Å². The number of halogens is 2. The lowest BCUT2D eigenvalue weighted by Gasteiger charge is -2.41. The van der Waals surface area contributed by atoms with Gasteiger partial charge in [-0.1, -0.05) is 0 Å². The van der Waals surface area contributed by atoms with Gasteiger partial charge >= 0.3 is 0 Å². The summed E-state index contributed by atoms with van der Waals surface area (Å²) >= 11 is 0. The summed E-state index contributed by atoms with van der Waals surface area (Å²) in [5.74, 6) is 0.227. The highest BCUT2D eigenvalue weighted by Gasteiger charge is 2.29. The first-order chi connectivity index (χ1) is 10.2. The first kappa shape index (κ1) is 21.0. The van der Waals surface area contributed by atoms with Gasteiger partial charge in [-0.3, -0.25) is 4.79 Å². The lowest BCUT2D eigenvalue weighted by Crippen LogP contribution is -2.52. The Morgan fingerprint density at radius 1 is 1.00 bits per heavy atom. The first-order valence-corrected chi connectivity index (χ1v) is 8.69. The highest BCUT2D eigenvalue weighted by Crippen LogP contribution is 2.20. The molecule has 3 aliphatic heterocycles. The van der Waals surface area contributed by atoms with E-state index in [0.29, 0.717) is 6.04 Å². The fourth-order valence-corrected chi connectivity index (χ4v) is 3.98. The minimum atomic E-state index is 0. The molecular formula is C16H32Cl2N4O. The van der Waals surface area contributed by atoms with Crippen molar-refractivity contribution in [3.8, 4) is 0 Å². The third-order valence-electron chi connectivity index (χ3n) is 5.46. The molecule has 5 nitrogen and oxygen atoms in total. The van der Waals surface area contributed by atoms with Gasteiger partial charge < -0.3 is 20.4 Å². The number of hydrogen-bond donors (Lipinski definition) is 2. The fourth-order valence-electron chi connectivity index (χ4n) is 3.98. The molecule has 0 radical (unpaired) electrons. The smallest absolute Gasteiger partial charge is 0.237 e. The molecule has 1 unspecified atom stereocenters. The minimum Gasteiger partial charge on any atom is -0.352 e. The Morgan fingerprint density at radius 2 is 1.65 bits per heavy atom. The molecule has 0 aromatic rings. The molecule has 0 aromatic heterocycles. The molecule has 1 amide bonds. The predicted molar refractivity (Wildman–Crippen MR) is 98.8 cm³/mol. The van der Waals surface area contributed by atoms with E-state index in [9.17, 15) is 4.79 Å². The molecule has 136 valence electrons. The van der Waals surface area contributed by atoms with Crippen LogP contribution in [0.15, 0.2) is 0 Å². The van der Waals surface area contributed by atoms with Gasteiger partial charge in [-0.2, -0.15) is 0 Å². The van der Waals surface area contributed by atoms with Crippen LogP contribution < -0.4 is 10.6 Å². The number of carbonyl (C=O) groups excluding carboxylic acids is 1. The molecule has 3 aliphatic rings. The molecule has 3 rings (SSSR count). The molecule has 1 atom stereocenters. The summed E-state index contributed by atoms with van der Waals surface area (Å²) in [4.78, 5) is 17.2. The predicted octanol–water partition coefficient (Wildman–Crippen LogP) is 1.26. The van der Waals surface area contributed by atoms with Crippen LogP contribution in [0.1, 0.15) is 38.5 Å². The van der Waals surface area contributed by atoms with E-state index in [1.165, 1.54) is 25.9 Å². The zero-order chi connectivity index (χ0) is 14.7. The maximum absolute atomic E-state index is 12.1. The van der Waals surface area contributed by atoms with Crippen molar-refractivity contribution in [2.75, 3.05) is 39.8 Å². The summed E-state index contributed by atoms with van der Waals surface area (Å²) in [6.45, 7) is 5.75. The molecule has 0 spiro atoms. The van der Waals surface area contributed by atoms with Crippen molar-refractivity contribution in [2.45, 2.75) is 56.7 Å². The third-order valence-corrected chi connectivity index (χ3v) is 5.46. The van der Waals surface area contributed by atoms with Gasteiger partial charge in [0.15, 0.2) is 0 Å². The largest absolute Gasteiger partial charge is 0.352 e. The van der Waals surface area contributed by atoms with Gasteiger partial charge in [0.05, 0.1) is 6.04 Å². The second-order valence-corrected chi connectivity index (χ2v) is 7.00. The molecule has 3 fully saturated rings. The van der Waals surface area contributed by atoms with Gasteiger partial charge in [0.2, 0.25) is 5.91 Å². The van der Waals surface area contributed by atoms with Crippen molar-refractivity contribution in [1.82, 2.24) is 20.4 Å². The van der Waals surface area contributed by atoms with E-state index in [-0.39, 0.29) is 36.8 Å². The maximum Gasteiger partial charge on any atom is 0.237 e. The lowest BCUT2D eigenvalue weighted by atomic mass is 9.98. The van der Waals surface area contributed by atoms with E-state index in [4.69, 9.17) is 0 Å². The van der Waals surface area contributed by atoms with E-state index in [0.717, 1.165) is 51.4 Å². The zero-order valence-electron chi connectivity index (χ0n) is 14.1. The third kappa shape index (κ3) is 5.75. The summed E-state index contributed by atoms with van der Waals surface area (Å²) in [7, 11) is 2.22. The summed E-state index contributed by atoms with van der Waals surface area (Å²) in [5.41, 5.74) is 0. The lowest BCUT2D eigenvalue weighted by molar-refractivity contribution is -0.123. The fraction of sp³-hybridized carbons (Fsp3) is 0.938.